The molecule has 0 aliphatic carbocycles. The van der Waals surface area contributed by atoms with Gasteiger partial charge in [-0.3, -0.25) is 19.4 Å². The van der Waals surface area contributed by atoms with Gasteiger partial charge in [-0.05, 0) is 43.7 Å². The number of amides is 4. The summed E-state index contributed by atoms with van der Waals surface area (Å²) in [6, 6.07) is 6.01. The summed E-state index contributed by atoms with van der Waals surface area (Å²) >= 11 is 0. The highest BCUT2D eigenvalue weighted by Crippen LogP contribution is 2.35. The molecule has 1 aromatic heterocycles. The third-order valence-electron chi connectivity index (χ3n) is 4.86. The lowest BCUT2D eigenvalue weighted by atomic mass is 10.1. The fourth-order valence-corrected chi connectivity index (χ4v) is 3.34. The van der Waals surface area contributed by atoms with Crippen LogP contribution in [0.3, 0.4) is 0 Å². The first-order valence-electron chi connectivity index (χ1n) is 8.62. The number of imide groups is 2. The highest BCUT2D eigenvalue weighted by atomic mass is 19.4. The summed E-state index contributed by atoms with van der Waals surface area (Å²) in [5.74, 6) is -1.53. The molecule has 0 saturated carbocycles. The van der Waals surface area contributed by atoms with Crippen molar-refractivity contribution in [2.75, 3.05) is 14.1 Å². The molecule has 2 heterocycles. The first-order chi connectivity index (χ1) is 13.4. The van der Waals surface area contributed by atoms with Gasteiger partial charge in [0.25, 0.3) is 11.8 Å². The zero-order chi connectivity index (χ0) is 21.7. The quantitative estimate of drug-likeness (QED) is 0.567. The summed E-state index contributed by atoms with van der Waals surface area (Å²) in [5, 5.41) is 0. The second-order valence-corrected chi connectivity index (χ2v) is 6.75. The number of aryl methyl sites for hydroxylation is 1. The summed E-state index contributed by atoms with van der Waals surface area (Å²) in [7, 11) is 2.51. The predicted octanol–water partition coefficient (Wildman–Crippen LogP) is 3.55. The fourth-order valence-electron chi connectivity index (χ4n) is 3.34. The Labute approximate surface area is 164 Å². The SMILES string of the molecule is Cc1cc(C=C2C(=O)N(C)C(=O)N(C)C2=O)c(C)n1-c1ccccc1C(F)(F)F. The van der Waals surface area contributed by atoms with E-state index in [1.54, 1.807) is 19.9 Å². The van der Waals surface area contributed by atoms with Crippen LogP contribution < -0.4 is 0 Å². The van der Waals surface area contributed by atoms with Crippen LogP contribution in [0.5, 0.6) is 0 Å². The van der Waals surface area contributed by atoms with E-state index in [4.69, 9.17) is 0 Å². The van der Waals surface area contributed by atoms with Gasteiger partial charge in [-0.15, -0.1) is 0 Å². The van der Waals surface area contributed by atoms with Crippen molar-refractivity contribution < 1.29 is 27.6 Å². The maximum Gasteiger partial charge on any atom is 0.418 e. The summed E-state index contributed by atoms with van der Waals surface area (Å²) < 4.78 is 41.8. The number of para-hydroxylation sites is 1. The number of halogens is 3. The molecule has 1 aliphatic rings. The molecule has 1 aromatic carbocycles. The number of aromatic nitrogens is 1. The van der Waals surface area contributed by atoms with Gasteiger partial charge in [-0.1, -0.05) is 12.1 Å². The van der Waals surface area contributed by atoms with Crippen molar-refractivity contribution in [1.82, 2.24) is 14.4 Å². The molecule has 1 fully saturated rings. The maximum absolute atomic E-state index is 13.4. The first-order valence-corrected chi connectivity index (χ1v) is 8.62. The zero-order valence-electron chi connectivity index (χ0n) is 16.2. The van der Waals surface area contributed by atoms with E-state index >= 15 is 0 Å². The van der Waals surface area contributed by atoms with Crippen molar-refractivity contribution in [3.63, 3.8) is 0 Å². The lowest BCUT2D eigenvalue weighted by molar-refractivity contribution is -0.137. The second-order valence-electron chi connectivity index (χ2n) is 6.75. The van der Waals surface area contributed by atoms with Gasteiger partial charge >= 0.3 is 12.2 Å². The second kappa shape index (κ2) is 6.91. The first kappa shape index (κ1) is 20.4. The van der Waals surface area contributed by atoms with Crippen LogP contribution in [0.15, 0.2) is 35.9 Å². The van der Waals surface area contributed by atoms with Crippen LogP contribution in [-0.4, -0.2) is 46.3 Å². The largest absolute Gasteiger partial charge is 0.418 e. The van der Waals surface area contributed by atoms with E-state index in [-0.39, 0.29) is 11.3 Å². The van der Waals surface area contributed by atoms with Crippen LogP contribution in [0, 0.1) is 13.8 Å². The van der Waals surface area contributed by atoms with Gasteiger partial charge in [-0.25, -0.2) is 4.79 Å². The number of barbiturate groups is 1. The van der Waals surface area contributed by atoms with Gasteiger partial charge in [0.15, 0.2) is 0 Å². The standard InChI is InChI=1S/C20H18F3N3O3/c1-11-9-13(10-14-17(27)24(3)19(29)25(4)18(14)28)12(2)26(11)16-8-6-5-7-15(16)20(21,22)23/h5-10H,1-4H3. The Kier molecular flexibility index (Phi) is 4.86. The predicted molar refractivity (Wildman–Crippen MR) is 99.2 cm³/mol. The van der Waals surface area contributed by atoms with Crippen molar-refractivity contribution in [1.29, 1.82) is 0 Å². The monoisotopic (exact) mass is 405 g/mol. The van der Waals surface area contributed by atoms with Crippen LogP contribution in [0.25, 0.3) is 11.8 Å². The fraction of sp³-hybridized carbons (Fsp3) is 0.250. The Hall–Kier alpha value is -3.36. The molecule has 1 saturated heterocycles. The Morgan fingerprint density at radius 3 is 2.03 bits per heavy atom. The Bertz CT molecular complexity index is 1040. The molecule has 0 bridgehead atoms. The number of carbonyl (C=O) groups is 3. The highest BCUT2D eigenvalue weighted by Gasteiger charge is 2.38. The van der Waals surface area contributed by atoms with Crippen molar-refractivity contribution in [2.45, 2.75) is 20.0 Å². The molecule has 9 heteroatoms. The zero-order valence-corrected chi connectivity index (χ0v) is 16.2. The summed E-state index contributed by atoms with van der Waals surface area (Å²) in [4.78, 5) is 38.3. The minimum absolute atomic E-state index is 0.0506. The number of hydrogen-bond acceptors (Lipinski definition) is 3. The highest BCUT2D eigenvalue weighted by molar-refractivity contribution is 6.30. The number of nitrogens with zero attached hydrogens (tertiary/aromatic N) is 3. The molecule has 0 atom stereocenters. The molecule has 0 spiro atoms. The summed E-state index contributed by atoms with van der Waals surface area (Å²) in [6.07, 6.45) is -3.24. The average molecular weight is 405 g/mol. The molecule has 6 nitrogen and oxygen atoms in total. The van der Waals surface area contributed by atoms with Crippen LogP contribution in [0.4, 0.5) is 18.0 Å². The maximum atomic E-state index is 13.4. The smallest absolute Gasteiger partial charge is 0.317 e. The average Bonchev–Trinajstić information content (AvgIpc) is 2.94. The number of alkyl halides is 3. The van der Waals surface area contributed by atoms with Crippen LogP contribution in [0.2, 0.25) is 0 Å². The van der Waals surface area contributed by atoms with Crippen molar-refractivity contribution in [3.8, 4) is 5.69 Å². The lowest BCUT2D eigenvalue weighted by Gasteiger charge is -2.28. The number of rotatable bonds is 2. The van der Waals surface area contributed by atoms with E-state index in [0.29, 0.717) is 17.0 Å². The Morgan fingerprint density at radius 1 is 0.931 bits per heavy atom. The molecular formula is C20H18F3N3O3. The lowest BCUT2D eigenvalue weighted by Crippen LogP contribution is -2.52. The molecule has 29 heavy (non-hydrogen) atoms. The molecule has 4 amide bonds. The van der Waals surface area contributed by atoms with E-state index in [1.807, 2.05) is 0 Å². The Morgan fingerprint density at radius 2 is 1.48 bits per heavy atom. The number of hydrogen-bond donors (Lipinski definition) is 0. The molecule has 3 rings (SSSR count). The van der Waals surface area contributed by atoms with Gasteiger partial charge in [-0.2, -0.15) is 13.2 Å². The summed E-state index contributed by atoms with van der Waals surface area (Å²) in [6.45, 7) is 3.23. The molecule has 0 radical (unpaired) electrons. The van der Waals surface area contributed by atoms with E-state index in [2.05, 4.69) is 0 Å². The third-order valence-corrected chi connectivity index (χ3v) is 4.86. The molecular weight excluding hydrogens is 387 g/mol. The van der Waals surface area contributed by atoms with Gasteiger partial charge in [0.1, 0.15) is 5.57 Å². The topological polar surface area (TPSA) is 62.6 Å². The van der Waals surface area contributed by atoms with Crippen LogP contribution in [0.1, 0.15) is 22.5 Å². The van der Waals surface area contributed by atoms with Crippen molar-refractivity contribution >= 4 is 23.9 Å². The normalized spacial score (nSPS) is 15.4. The van der Waals surface area contributed by atoms with E-state index in [0.717, 1.165) is 15.9 Å². The Balaban J connectivity index is 2.16. The van der Waals surface area contributed by atoms with Gasteiger partial charge in [0.2, 0.25) is 0 Å². The molecule has 0 N–H and O–H groups in total. The van der Waals surface area contributed by atoms with Crippen LogP contribution in [-0.2, 0) is 15.8 Å². The number of carbonyl (C=O) groups excluding carboxylic acids is 3. The number of benzene rings is 1. The van der Waals surface area contributed by atoms with Gasteiger partial charge in [0, 0.05) is 25.5 Å². The van der Waals surface area contributed by atoms with Gasteiger partial charge in [0.05, 0.1) is 11.3 Å². The summed E-state index contributed by atoms with van der Waals surface area (Å²) in [5.41, 5.74) is 0.251. The third kappa shape index (κ3) is 3.32. The van der Waals surface area contributed by atoms with E-state index in [9.17, 15) is 27.6 Å². The minimum Gasteiger partial charge on any atom is -0.317 e. The minimum atomic E-state index is -4.54. The molecule has 152 valence electrons. The van der Waals surface area contributed by atoms with Crippen molar-refractivity contribution in [3.05, 3.63) is 58.4 Å². The molecule has 2 aromatic rings. The number of urea groups is 1. The van der Waals surface area contributed by atoms with E-state index in [1.165, 1.54) is 42.9 Å². The molecule has 0 unspecified atom stereocenters. The van der Waals surface area contributed by atoms with Crippen molar-refractivity contribution in [2.24, 2.45) is 0 Å². The van der Waals surface area contributed by atoms with E-state index < -0.39 is 29.6 Å². The molecule has 1 aliphatic heterocycles. The van der Waals surface area contributed by atoms with Crippen LogP contribution >= 0.6 is 0 Å². The number of likely N-dealkylation sites (N-methyl/N-ethyl adjacent to an activating group) is 2. The van der Waals surface area contributed by atoms with Gasteiger partial charge < -0.3 is 4.57 Å².